The zero-order valence-corrected chi connectivity index (χ0v) is 10.8. The van der Waals surface area contributed by atoms with E-state index in [1.165, 1.54) is 22.9 Å². The summed E-state index contributed by atoms with van der Waals surface area (Å²) in [6.07, 6.45) is -4.72. The van der Waals surface area contributed by atoms with Gasteiger partial charge in [0.05, 0.1) is 11.4 Å². The van der Waals surface area contributed by atoms with Crippen LogP contribution in [0.3, 0.4) is 0 Å². The molecule has 0 unspecified atom stereocenters. The summed E-state index contributed by atoms with van der Waals surface area (Å²) >= 11 is 0. The first-order valence-corrected chi connectivity index (χ1v) is 5.68. The van der Waals surface area contributed by atoms with Crippen LogP contribution in [0.1, 0.15) is 5.69 Å². The summed E-state index contributed by atoms with van der Waals surface area (Å²) in [5, 5.41) is 7.02. The Kier molecular flexibility index (Phi) is 3.47. The van der Waals surface area contributed by atoms with Crippen LogP contribution in [-0.4, -0.2) is 16.1 Å². The van der Waals surface area contributed by atoms with Crippen molar-refractivity contribution in [2.45, 2.75) is 13.3 Å². The van der Waals surface area contributed by atoms with Crippen molar-refractivity contribution in [3.63, 3.8) is 0 Å². The molecule has 1 aromatic carbocycles. The minimum absolute atomic E-state index is 0.306. The standard InChI is InChI=1S/C12H13F3N4O/c1-7-10(16)11(19(2)18-7)17-8-4-3-5-9(6-8)20-12(13,14)15/h3-6,17H,16H2,1-2H3. The number of rotatable bonds is 3. The number of hydrogen-bond donors (Lipinski definition) is 2. The molecule has 0 radical (unpaired) electrons. The van der Waals surface area contributed by atoms with Gasteiger partial charge in [0.1, 0.15) is 5.75 Å². The Hall–Kier alpha value is -2.38. The summed E-state index contributed by atoms with van der Waals surface area (Å²) < 4.78 is 41.8. The number of nitrogen functional groups attached to an aromatic ring is 1. The van der Waals surface area contributed by atoms with Gasteiger partial charge in [0.25, 0.3) is 0 Å². The molecule has 0 aliphatic heterocycles. The molecule has 1 aromatic heterocycles. The first-order chi connectivity index (χ1) is 9.26. The second-order valence-corrected chi connectivity index (χ2v) is 4.17. The third-order valence-electron chi connectivity index (χ3n) is 2.60. The Morgan fingerprint density at radius 3 is 2.60 bits per heavy atom. The summed E-state index contributed by atoms with van der Waals surface area (Å²) in [5.74, 6) is 0.201. The Morgan fingerprint density at radius 1 is 1.35 bits per heavy atom. The lowest BCUT2D eigenvalue weighted by molar-refractivity contribution is -0.274. The number of nitrogens with zero attached hydrogens (tertiary/aromatic N) is 2. The van der Waals surface area contributed by atoms with Crippen LogP contribution in [0, 0.1) is 6.92 Å². The highest BCUT2D eigenvalue weighted by atomic mass is 19.4. The van der Waals surface area contributed by atoms with Crippen LogP contribution in [0.5, 0.6) is 5.75 Å². The molecule has 20 heavy (non-hydrogen) atoms. The van der Waals surface area contributed by atoms with E-state index in [1.807, 2.05) is 0 Å². The highest BCUT2D eigenvalue weighted by Gasteiger charge is 2.31. The minimum Gasteiger partial charge on any atom is -0.406 e. The molecular weight excluding hydrogens is 273 g/mol. The van der Waals surface area contributed by atoms with Crippen molar-refractivity contribution >= 4 is 17.2 Å². The van der Waals surface area contributed by atoms with Crippen LogP contribution >= 0.6 is 0 Å². The third-order valence-corrected chi connectivity index (χ3v) is 2.60. The quantitative estimate of drug-likeness (QED) is 0.910. The zero-order chi connectivity index (χ0) is 14.9. The van der Waals surface area contributed by atoms with Crippen molar-refractivity contribution in [2.24, 2.45) is 7.05 Å². The van der Waals surface area contributed by atoms with E-state index < -0.39 is 6.36 Å². The molecule has 0 aliphatic carbocycles. The van der Waals surface area contributed by atoms with Crippen molar-refractivity contribution in [1.29, 1.82) is 0 Å². The number of ether oxygens (including phenoxy) is 1. The number of nitrogens with two attached hydrogens (primary N) is 1. The largest absolute Gasteiger partial charge is 0.573 e. The van der Waals surface area contributed by atoms with Gasteiger partial charge in [-0.1, -0.05) is 6.07 Å². The fourth-order valence-electron chi connectivity index (χ4n) is 1.73. The van der Waals surface area contributed by atoms with Crippen LogP contribution in [0.2, 0.25) is 0 Å². The maximum atomic E-state index is 12.2. The molecule has 0 saturated heterocycles. The van der Waals surface area contributed by atoms with Crippen molar-refractivity contribution in [3.8, 4) is 5.75 Å². The highest BCUT2D eigenvalue weighted by Crippen LogP contribution is 2.29. The van der Waals surface area contributed by atoms with E-state index in [4.69, 9.17) is 5.73 Å². The molecule has 3 N–H and O–H groups in total. The highest BCUT2D eigenvalue weighted by molar-refractivity contribution is 5.71. The van der Waals surface area contributed by atoms with Crippen molar-refractivity contribution in [3.05, 3.63) is 30.0 Å². The summed E-state index contributed by atoms with van der Waals surface area (Å²) in [5.41, 5.74) is 7.33. The molecule has 8 heteroatoms. The van der Waals surface area contributed by atoms with Crippen molar-refractivity contribution in [1.82, 2.24) is 9.78 Å². The number of hydrogen-bond acceptors (Lipinski definition) is 4. The lowest BCUT2D eigenvalue weighted by atomic mass is 10.3. The van der Waals surface area contributed by atoms with Crippen molar-refractivity contribution < 1.29 is 17.9 Å². The Morgan fingerprint density at radius 2 is 2.05 bits per heavy atom. The van der Waals surface area contributed by atoms with E-state index in [9.17, 15) is 13.2 Å². The summed E-state index contributed by atoms with van der Waals surface area (Å²) in [4.78, 5) is 0. The number of nitrogens with one attached hydrogen (secondary N) is 1. The van der Waals surface area contributed by atoms with Crippen molar-refractivity contribution in [2.75, 3.05) is 11.1 Å². The van der Waals surface area contributed by atoms with Gasteiger partial charge in [-0.15, -0.1) is 13.2 Å². The van der Waals surface area contributed by atoms with Gasteiger partial charge in [-0.05, 0) is 19.1 Å². The number of anilines is 3. The monoisotopic (exact) mass is 286 g/mol. The number of alkyl halides is 3. The van der Waals surface area contributed by atoms with Crippen LogP contribution in [-0.2, 0) is 7.05 Å². The molecule has 2 aromatic rings. The smallest absolute Gasteiger partial charge is 0.406 e. The van der Waals surface area contributed by atoms with E-state index >= 15 is 0 Å². The molecule has 0 spiro atoms. The fourth-order valence-corrected chi connectivity index (χ4v) is 1.73. The van der Waals surface area contributed by atoms with E-state index in [1.54, 1.807) is 20.0 Å². The normalized spacial score (nSPS) is 11.4. The number of aromatic nitrogens is 2. The zero-order valence-electron chi connectivity index (χ0n) is 10.8. The van der Waals surface area contributed by atoms with Gasteiger partial charge in [0, 0.05) is 18.8 Å². The fraction of sp³-hybridized carbons (Fsp3) is 0.250. The Bertz CT molecular complexity index is 622. The molecular formula is C12H13F3N4O. The first-order valence-electron chi connectivity index (χ1n) is 5.68. The van der Waals surface area contributed by atoms with Crippen LogP contribution < -0.4 is 15.8 Å². The Balaban J connectivity index is 2.24. The molecule has 0 bridgehead atoms. The maximum absolute atomic E-state index is 12.2. The SMILES string of the molecule is Cc1nn(C)c(Nc2cccc(OC(F)(F)F)c2)c1N. The number of benzene rings is 1. The molecule has 5 nitrogen and oxygen atoms in total. The average Bonchev–Trinajstić information content (AvgIpc) is 2.54. The minimum atomic E-state index is -4.72. The van der Waals surface area contributed by atoms with E-state index in [0.29, 0.717) is 22.9 Å². The van der Waals surface area contributed by atoms with Crippen LogP contribution in [0.25, 0.3) is 0 Å². The van der Waals surface area contributed by atoms with Gasteiger partial charge in [0.2, 0.25) is 0 Å². The first kappa shape index (κ1) is 14.0. The summed E-state index contributed by atoms with van der Waals surface area (Å²) in [7, 11) is 1.68. The van der Waals surface area contributed by atoms with Gasteiger partial charge in [-0.3, -0.25) is 4.68 Å². The van der Waals surface area contributed by atoms with Gasteiger partial charge < -0.3 is 15.8 Å². The van der Waals surface area contributed by atoms with Gasteiger partial charge in [-0.25, -0.2) is 0 Å². The topological polar surface area (TPSA) is 65.1 Å². The van der Waals surface area contributed by atoms with Gasteiger partial charge in [-0.2, -0.15) is 5.10 Å². The average molecular weight is 286 g/mol. The van der Waals surface area contributed by atoms with Crippen LogP contribution in [0.4, 0.5) is 30.4 Å². The predicted molar refractivity (Wildman–Crippen MR) is 68.8 cm³/mol. The van der Waals surface area contributed by atoms with E-state index in [2.05, 4.69) is 15.2 Å². The Labute approximate surface area is 113 Å². The number of halogens is 3. The van der Waals surface area contributed by atoms with Crippen LogP contribution in [0.15, 0.2) is 24.3 Å². The lowest BCUT2D eigenvalue weighted by Gasteiger charge is -2.11. The molecule has 0 saturated carbocycles. The predicted octanol–water partition coefficient (Wildman–Crippen LogP) is 2.95. The second kappa shape index (κ2) is 4.95. The summed E-state index contributed by atoms with van der Waals surface area (Å²) in [6.45, 7) is 1.74. The molecule has 1 heterocycles. The van der Waals surface area contributed by atoms with E-state index in [0.717, 1.165) is 0 Å². The lowest BCUT2D eigenvalue weighted by Crippen LogP contribution is -2.17. The second-order valence-electron chi connectivity index (χ2n) is 4.17. The molecule has 0 atom stereocenters. The van der Waals surface area contributed by atoms with Gasteiger partial charge in [0.15, 0.2) is 5.82 Å². The molecule has 2 rings (SSSR count). The molecule has 0 amide bonds. The number of aryl methyl sites for hydroxylation is 2. The molecule has 0 aliphatic rings. The molecule has 0 fully saturated rings. The van der Waals surface area contributed by atoms with Gasteiger partial charge >= 0.3 is 6.36 Å². The van der Waals surface area contributed by atoms with E-state index in [-0.39, 0.29) is 5.75 Å². The third kappa shape index (κ3) is 3.14. The maximum Gasteiger partial charge on any atom is 0.573 e. The summed E-state index contributed by atoms with van der Waals surface area (Å²) in [6, 6.07) is 5.50. The molecule has 108 valence electrons.